The number of nitrogens with one attached hydrogen (secondary N) is 1. The highest BCUT2D eigenvalue weighted by molar-refractivity contribution is 5.90. The Bertz CT molecular complexity index is 424. The molecule has 1 aromatic rings. The molecule has 0 aliphatic heterocycles. The van der Waals surface area contributed by atoms with Gasteiger partial charge in [-0.05, 0) is 44.7 Å². The minimum Gasteiger partial charge on any atom is -0.399 e. The number of likely N-dealkylation sites (N-methyl/N-ethyl adjacent to an activating group) is 1. The molecule has 0 atom stereocenters. The SMILES string of the molecule is CCN(CCC(=O)Nc1ccc(N)cc1)CC(C)(C)O. The van der Waals surface area contributed by atoms with E-state index in [0.717, 1.165) is 12.2 Å². The third-order valence-electron chi connectivity index (χ3n) is 2.91. The first-order chi connectivity index (χ1) is 9.30. The maximum Gasteiger partial charge on any atom is 0.225 e. The molecule has 20 heavy (non-hydrogen) atoms. The Balaban J connectivity index is 2.40. The summed E-state index contributed by atoms with van der Waals surface area (Å²) in [5.74, 6) is -0.0380. The number of nitrogens with two attached hydrogens (primary N) is 1. The van der Waals surface area contributed by atoms with Crippen molar-refractivity contribution in [2.75, 3.05) is 30.7 Å². The highest BCUT2D eigenvalue weighted by Crippen LogP contribution is 2.11. The zero-order chi connectivity index (χ0) is 15.2. The van der Waals surface area contributed by atoms with Crippen LogP contribution in [0.25, 0.3) is 0 Å². The van der Waals surface area contributed by atoms with Crippen molar-refractivity contribution in [1.82, 2.24) is 4.90 Å². The predicted molar refractivity (Wildman–Crippen MR) is 82.5 cm³/mol. The molecule has 0 saturated carbocycles. The summed E-state index contributed by atoms with van der Waals surface area (Å²) in [5.41, 5.74) is 6.26. The van der Waals surface area contributed by atoms with E-state index in [1.54, 1.807) is 38.1 Å². The maximum atomic E-state index is 11.9. The summed E-state index contributed by atoms with van der Waals surface area (Å²) in [4.78, 5) is 13.9. The van der Waals surface area contributed by atoms with E-state index in [9.17, 15) is 9.90 Å². The molecule has 0 aliphatic rings. The molecule has 5 heteroatoms. The van der Waals surface area contributed by atoms with Gasteiger partial charge in [0.1, 0.15) is 0 Å². The van der Waals surface area contributed by atoms with E-state index < -0.39 is 5.60 Å². The fraction of sp³-hybridized carbons (Fsp3) is 0.533. The predicted octanol–water partition coefficient (Wildman–Crippen LogP) is 1.69. The molecule has 0 spiro atoms. The number of rotatable bonds is 7. The lowest BCUT2D eigenvalue weighted by Crippen LogP contribution is -2.39. The van der Waals surface area contributed by atoms with Crippen molar-refractivity contribution < 1.29 is 9.90 Å². The lowest BCUT2D eigenvalue weighted by Gasteiger charge is -2.27. The molecule has 1 amide bonds. The molecule has 0 saturated heterocycles. The maximum absolute atomic E-state index is 11.9. The van der Waals surface area contributed by atoms with Gasteiger partial charge in [-0.15, -0.1) is 0 Å². The second-order valence-corrected chi connectivity index (χ2v) is 5.60. The lowest BCUT2D eigenvalue weighted by atomic mass is 10.1. The molecule has 0 unspecified atom stereocenters. The molecular formula is C15H25N3O2. The van der Waals surface area contributed by atoms with Gasteiger partial charge in [0, 0.05) is 30.9 Å². The van der Waals surface area contributed by atoms with Crippen LogP contribution < -0.4 is 11.1 Å². The van der Waals surface area contributed by atoms with Crippen LogP contribution in [0.2, 0.25) is 0 Å². The molecule has 0 aromatic heterocycles. The summed E-state index contributed by atoms with van der Waals surface area (Å²) in [6, 6.07) is 7.06. The Kier molecular flexibility index (Phi) is 5.98. The summed E-state index contributed by atoms with van der Waals surface area (Å²) in [6.45, 7) is 7.54. The molecule has 112 valence electrons. The second-order valence-electron chi connectivity index (χ2n) is 5.60. The van der Waals surface area contributed by atoms with E-state index in [1.807, 2.05) is 6.92 Å². The number of anilines is 2. The number of nitrogens with zero attached hydrogens (tertiary/aromatic N) is 1. The van der Waals surface area contributed by atoms with Crippen molar-refractivity contribution in [3.8, 4) is 0 Å². The normalized spacial score (nSPS) is 11.7. The molecule has 1 aromatic carbocycles. The summed E-state index contributed by atoms with van der Waals surface area (Å²) in [7, 11) is 0. The molecule has 0 radical (unpaired) electrons. The highest BCUT2D eigenvalue weighted by Gasteiger charge is 2.17. The van der Waals surface area contributed by atoms with Gasteiger partial charge in [0.25, 0.3) is 0 Å². The Morgan fingerprint density at radius 2 is 1.95 bits per heavy atom. The Labute approximate surface area is 120 Å². The second kappa shape index (κ2) is 7.26. The molecule has 0 fully saturated rings. The fourth-order valence-electron chi connectivity index (χ4n) is 1.95. The Morgan fingerprint density at radius 1 is 1.35 bits per heavy atom. The van der Waals surface area contributed by atoms with Crippen LogP contribution in [0.3, 0.4) is 0 Å². The van der Waals surface area contributed by atoms with Gasteiger partial charge in [-0.25, -0.2) is 0 Å². The molecular weight excluding hydrogens is 254 g/mol. The Hall–Kier alpha value is -1.59. The minimum atomic E-state index is -0.747. The zero-order valence-corrected chi connectivity index (χ0v) is 12.5. The summed E-state index contributed by atoms with van der Waals surface area (Å²) < 4.78 is 0. The first-order valence-corrected chi connectivity index (χ1v) is 6.90. The fourth-order valence-corrected chi connectivity index (χ4v) is 1.95. The molecule has 0 heterocycles. The molecule has 1 rings (SSSR count). The van der Waals surface area contributed by atoms with Crippen molar-refractivity contribution in [1.29, 1.82) is 0 Å². The van der Waals surface area contributed by atoms with Gasteiger partial charge in [-0.2, -0.15) is 0 Å². The van der Waals surface area contributed by atoms with Gasteiger partial charge in [0.05, 0.1) is 5.60 Å². The van der Waals surface area contributed by atoms with E-state index in [0.29, 0.717) is 25.2 Å². The van der Waals surface area contributed by atoms with Crippen LogP contribution in [-0.4, -0.2) is 41.1 Å². The molecule has 4 N–H and O–H groups in total. The van der Waals surface area contributed by atoms with Crippen molar-refractivity contribution in [2.45, 2.75) is 32.8 Å². The van der Waals surface area contributed by atoms with Crippen LogP contribution in [0.15, 0.2) is 24.3 Å². The van der Waals surface area contributed by atoms with Gasteiger partial charge in [0.15, 0.2) is 0 Å². The van der Waals surface area contributed by atoms with Gasteiger partial charge < -0.3 is 21.1 Å². The van der Waals surface area contributed by atoms with Gasteiger partial charge in [0.2, 0.25) is 5.91 Å². The number of hydrogen-bond donors (Lipinski definition) is 3. The summed E-state index contributed by atoms with van der Waals surface area (Å²) >= 11 is 0. The zero-order valence-electron chi connectivity index (χ0n) is 12.5. The first kappa shape index (κ1) is 16.5. The van der Waals surface area contributed by atoms with Gasteiger partial charge in [-0.3, -0.25) is 4.79 Å². The number of aliphatic hydroxyl groups is 1. The standard InChI is InChI=1S/C15H25N3O2/c1-4-18(11-15(2,3)20)10-9-14(19)17-13-7-5-12(16)6-8-13/h5-8,20H,4,9-11,16H2,1-3H3,(H,17,19). The van der Waals surface area contributed by atoms with E-state index in [1.165, 1.54) is 0 Å². The third-order valence-corrected chi connectivity index (χ3v) is 2.91. The number of carbonyl (C=O) groups is 1. The number of carbonyl (C=O) groups excluding carboxylic acids is 1. The summed E-state index contributed by atoms with van der Waals surface area (Å²) in [5, 5.41) is 12.6. The average molecular weight is 279 g/mol. The van der Waals surface area contributed by atoms with Crippen LogP contribution in [-0.2, 0) is 4.79 Å². The third kappa shape index (κ3) is 6.54. The molecule has 0 aliphatic carbocycles. The van der Waals surface area contributed by atoms with Crippen molar-refractivity contribution in [3.63, 3.8) is 0 Å². The summed E-state index contributed by atoms with van der Waals surface area (Å²) in [6.07, 6.45) is 0.397. The van der Waals surface area contributed by atoms with Crippen molar-refractivity contribution in [2.24, 2.45) is 0 Å². The van der Waals surface area contributed by atoms with E-state index in [-0.39, 0.29) is 5.91 Å². The highest BCUT2D eigenvalue weighted by atomic mass is 16.3. The van der Waals surface area contributed by atoms with Gasteiger partial charge >= 0.3 is 0 Å². The number of hydrogen-bond acceptors (Lipinski definition) is 4. The van der Waals surface area contributed by atoms with Crippen LogP contribution in [0.1, 0.15) is 27.2 Å². The van der Waals surface area contributed by atoms with Crippen LogP contribution in [0, 0.1) is 0 Å². The van der Waals surface area contributed by atoms with Crippen molar-refractivity contribution >= 4 is 17.3 Å². The lowest BCUT2D eigenvalue weighted by molar-refractivity contribution is -0.116. The smallest absolute Gasteiger partial charge is 0.225 e. The molecule has 5 nitrogen and oxygen atoms in total. The first-order valence-electron chi connectivity index (χ1n) is 6.90. The minimum absolute atomic E-state index is 0.0380. The Morgan fingerprint density at radius 3 is 2.45 bits per heavy atom. The number of benzene rings is 1. The van der Waals surface area contributed by atoms with Crippen LogP contribution in [0.5, 0.6) is 0 Å². The van der Waals surface area contributed by atoms with Crippen LogP contribution >= 0.6 is 0 Å². The van der Waals surface area contributed by atoms with Gasteiger partial charge in [-0.1, -0.05) is 6.92 Å². The van der Waals surface area contributed by atoms with Crippen molar-refractivity contribution in [3.05, 3.63) is 24.3 Å². The number of amides is 1. The number of nitrogen functional groups attached to an aromatic ring is 1. The average Bonchev–Trinajstić information content (AvgIpc) is 2.36. The van der Waals surface area contributed by atoms with E-state index >= 15 is 0 Å². The van der Waals surface area contributed by atoms with E-state index in [4.69, 9.17) is 5.73 Å². The van der Waals surface area contributed by atoms with E-state index in [2.05, 4.69) is 10.2 Å². The topological polar surface area (TPSA) is 78.6 Å². The molecule has 0 bridgehead atoms. The quantitative estimate of drug-likeness (QED) is 0.664. The van der Waals surface area contributed by atoms with Crippen LogP contribution in [0.4, 0.5) is 11.4 Å². The largest absolute Gasteiger partial charge is 0.399 e. The monoisotopic (exact) mass is 279 g/mol.